The molecule has 0 spiro atoms. The van der Waals surface area contributed by atoms with E-state index in [0.717, 1.165) is 17.7 Å². The summed E-state index contributed by atoms with van der Waals surface area (Å²) in [6.45, 7) is 4.52. The average molecular weight is 353 g/mol. The molecule has 0 unspecified atom stereocenters. The minimum absolute atomic E-state index is 0.00168. The van der Waals surface area contributed by atoms with E-state index in [2.05, 4.69) is 17.3 Å². The molecule has 1 heterocycles. The Hall–Kier alpha value is -2.43. The first-order valence-electron chi connectivity index (χ1n) is 9.47. The van der Waals surface area contributed by atoms with Crippen LogP contribution in [0.4, 0.5) is 0 Å². The van der Waals surface area contributed by atoms with Gasteiger partial charge in [-0.25, -0.2) is 4.68 Å². The summed E-state index contributed by atoms with van der Waals surface area (Å²) in [7, 11) is 0. The summed E-state index contributed by atoms with van der Waals surface area (Å²) in [5.41, 5.74) is 2.70. The van der Waals surface area contributed by atoms with Crippen LogP contribution in [0.3, 0.4) is 0 Å². The van der Waals surface area contributed by atoms with Crippen molar-refractivity contribution in [1.82, 2.24) is 15.1 Å². The van der Waals surface area contributed by atoms with Gasteiger partial charge in [-0.3, -0.25) is 9.59 Å². The molecule has 2 atom stereocenters. The molecule has 0 aliphatic heterocycles. The maximum Gasteiger partial charge on any atom is 0.266 e. The molecule has 1 fully saturated rings. The first kappa shape index (κ1) is 18.4. The molecule has 1 aliphatic carbocycles. The number of rotatable bonds is 5. The van der Waals surface area contributed by atoms with E-state index >= 15 is 0 Å². The van der Waals surface area contributed by atoms with Crippen molar-refractivity contribution in [2.45, 2.75) is 58.5 Å². The molecular formula is C21H27N3O2. The zero-order valence-electron chi connectivity index (χ0n) is 15.6. The number of aryl methyl sites for hydroxylation is 2. The molecule has 0 radical (unpaired) electrons. The van der Waals surface area contributed by atoms with Crippen molar-refractivity contribution in [2.75, 3.05) is 0 Å². The number of carbonyl (C=O) groups is 1. The van der Waals surface area contributed by atoms with Crippen LogP contribution in [0.2, 0.25) is 0 Å². The van der Waals surface area contributed by atoms with E-state index < -0.39 is 0 Å². The fourth-order valence-electron chi connectivity index (χ4n) is 3.50. The highest BCUT2D eigenvalue weighted by Crippen LogP contribution is 2.23. The average Bonchev–Trinajstić information content (AvgIpc) is 2.64. The Labute approximate surface area is 154 Å². The number of benzene rings is 1. The predicted octanol–water partition coefficient (Wildman–Crippen LogP) is 3.30. The quantitative estimate of drug-likeness (QED) is 0.897. The molecule has 2 aromatic rings. The highest BCUT2D eigenvalue weighted by atomic mass is 16.2. The first-order valence-corrected chi connectivity index (χ1v) is 9.47. The van der Waals surface area contributed by atoms with Crippen molar-refractivity contribution in [2.24, 2.45) is 5.92 Å². The SMILES string of the molecule is Cc1ccc(-c2ccc(=O)n(CCC(=O)N[C@H]3CCCC[C@H]3C)n2)cc1. The number of nitrogens with zero attached hydrogens (tertiary/aromatic N) is 2. The molecule has 1 N–H and O–H groups in total. The standard InChI is InChI=1S/C21H27N3O2/c1-15-7-9-17(10-8-15)19-11-12-21(26)24(23-19)14-13-20(25)22-18-6-4-3-5-16(18)2/h7-12,16,18H,3-6,13-14H2,1-2H3,(H,22,25)/t16-,18+/m1/s1. The van der Waals surface area contributed by atoms with Crippen molar-refractivity contribution in [3.8, 4) is 11.3 Å². The number of aromatic nitrogens is 2. The van der Waals surface area contributed by atoms with Crippen LogP contribution < -0.4 is 10.9 Å². The molecule has 1 aliphatic rings. The van der Waals surface area contributed by atoms with Gasteiger partial charge in [0.25, 0.3) is 5.56 Å². The van der Waals surface area contributed by atoms with E-state index in [4.69, 9.17) is 0 Å². The summed E-state index contributed by atoms with van der Waals surface area (Å²) in [6, 6.07) is 11.5. The van der Waals surface area contributed by atoms with Gasteiger partial charge in [0.05, 0.1) is 12.2 Å². The molecule has 26 heavy (non-hydrogen) atoms. The molecule has 1 aromatic heterocycles. The summed E-state index contributed by atoms with van der Waals surface area (Å²) in [4.78, 5) is 24.4. The lowest BCUT2D eigenvalue weighted by molar-refractivity contribution is -0.122. The van der Waals surface area contributed by atoms with E-state index in [1.807, 2.05) is 31.2 Å². The van der Waals surface area contributed by atoms with Crippen LogP contribution in [0.1, 0.15) is 44.6 Å². The highest BCUT2D eigenvalue weighted by molar-refractivity contribution is 5.76. The number of hydrogen-bond acceptors (Lipinski definition) is 3. The summed E-state index contributed by atoms with van der Waals surface area (Å²) < 4.78 is 1.39. The molecule has 5 heteroatoms. The van der Waals surface area contributed by atoms with Gasteiger partial charge in [0.15, 0.2) is 0 Å². The zero-order chi connectivity index (χ0) is 18.5. The molecule has 1 aromatic carbocycles. The van der Waals surface area contributed by atoms with E-state index in [9.17, 15) is 9.59 Å². The second kappa shape index (κ2) is 8.30. The van der Waals surface area contributed by atoms with E-state index in [-0.39, 0.29) is 23.9 Å². The van der Waals surface area contributed by atoms with E-state index in [1.54, 1.807) is 6.07 Å². The second-order valence-corrected chi connectivity index (χ2v) is 7.33. The maximum absolute atomic E-state index is 12.3. The van der Waals surface area contributed by atoms with Crippen LogP contribution in [0.5, 0.6) is 0 Å². The lowest BCUT2D eigenvalue weighted by atomic mass is 9.86. The zero-order valence-corrected chi connectivity index (χ0v) is 15.6. The topological polar surface area (TPSA) is 64.0 Å². The van der Waals surface area contributed by atoms with Crippen LogP contribution in [0.25, 0.3) is 11.3 Å². The van der Waals surface area contributed by atoms with Crippen LogP contribution >= 0.6 is 0 Å². The summed E-state index contributed by atoms with van der Waals surface area (Å²) in [5, 5.41) is 7.56. The fraction of sp³-hybridized carbons (Fsp3) is 0.476. The molecule has 138 valence electrons. The van der Waals surface area contributed by atoms with Gasteiger partial charge < -0.3 is 5.32 Å². The third-order valence-electron chi connectivity index (χ3n) is 5.22. The minimum atomic E-state index is -0.181. The van der Waals surface area contributed by atoms with Crippen molar-refractivity contribution in [3.05, 3.63) is 52.3 Å². The van der Waals surface area contributed by atoms with E-state index in [1.165, 1.54) is 35.6 Å². The Balaban J connectivity index is 1.64. The van der Waals surface area contributed by atoms with Gasteiger partial charge in [0, 0.05) is 24.1 Å². The first-order chi connectivity index (χ1) is 12.5. The molecular weight excluding hydrogens is 326 g/mol. The van der Waals surface area contributed by atoms with E-state index in [0.29, 0.717) is 12.5 Å². The summed E-state index contributed by atoms with van der Waals surface area (Å²) in [6.07, 6.45) is 4.92. The largest absolute Gasteiger partial charge is 0.353 e. The minimum Gasteiger partial charge on any atom is -0.353 e. The molecule has 0 saturated heterocycles. The van der Waals surface area contributed by atoms with Crippen LogP contribution in [0.15, 0.2) is 41.2 Å². The number of nitrogens with one attached hydrogen (secondary N) is 1. The monoisotopic (exact) mass is 353 g/mol. The van der Waals surface area contributed by atoms with Crippen LogP contribution in [-0.2, 0) is 11.3 Å². The molecule has 3 rings (SSSR count). The van der Waals surface area contributed by atoms with Gasteiger partial charge in [0.2, 0.25) is 5.91 Å². The maximum atomic E-state index is 12.3. The van der Waals surface area contributed by atoms with Crippen LogP contribution in [0, 0.1) is 12.8 Å². The Morgan fingerprint density at radius 1 is 1.15 bits per heavy atom. The third kappa shape index (κ3) is 4.59. The Kier molecular flexibility index (Phi) is 5.86. The molecule has 1 saturated carbocycles. The Morgan fingerprint density at radius 3 is 2.62 bits per heavy atom. The van der Waals surface area contributed by atoms with Gasteiger partial charge in [-0.2, -0.15) is 5.10 Å². The van der Waals surface area contributed by atoms with Gasteiger partial charge in [-0.15, -0.1) is 0 Å². The lowest BCUT2D eigenvalue weighted by Crippen LogP contribution is -2.41. The van der Waals surface area contributed by atoms with Crippen molar-refractivity contribution in [1.29, 1.82) is 0 Å². The van der Waals surface area contributed by atoms with Gasteiger partial charge in [-0.1, -0.05) is 49.6 Å². The third-order valence-corrected chi connectivity index (χ3v) is 5.22. The smallest absolute Gasteiger partial charge is 0.266 e. The number of amides is 1. The molecule has 5 nitrogen and oxygen atoms in total. The fourth-order valence-corrected chi connectivity index (χ4v) is 3.50. The van der Waals surface area contributed by atoms with Crippen molar-refractivity contribution in [3.63, 3.8) is 0 Å². The van der Waals surface area contributed by atoms with Crippen molar-refractivity contribution < 1.29 is 4.79 Å². The normalized spacial score (nSPS) is 19.9. The van der Waals surface area contributed by atoms with Crippen molar-refractivity contribution >= 4 is 5.91 Å². The Morgan fingerprint density at radius 2 is 1.88 bits per heavy atom. The highest BCUT2D eigenvalue weighted by Gasteiger charge is 2.22. The predicted molar refractivity (Wildman–Crippen MR) is 103 cm³/mol. The second-order valence-electron chi connectivity index (χ2n) is 7.33. The summed E-state index contributed by atoms with van der Waals surface area (Å²) >= 11 is 0. The number of carbonyl (C=O) groups excluding carboxylic acids is 1. The lowest BCUT2D eigenvalue weighted by Gasteiger charge is -2.29. The van der Waals surface area contributed by atoms with Gasteiger partial charge in [0.1, 0.15) is 0 Å². The Bertz CT molecular complexity index is 811. The molecule has 0 bridgehead atoms. The summed E-state index contributed by atoms with van der Waals surface area (Å²) in [5.74, 6) is 0.525. The van der Waals surface area contributed by atoms with Crippen LogP contribution in [-0.4, -0.2) is 21.7 Å². The van der Waals surface area contributed by atoms with Gasteiger partial charge >= 0.3 is 0 Å². The number of hydrogen-bond donors (Lipinski definition) is 1. The van der Waals surface area contributed by atoms with Gasteiger partial charge in [-0.05, 0) is 31.7 Å². The molecule has 1 amide bonds.